The van der Waals surface area contributed by atoms with Crippen molar-refractivity contribution < 1.29 is 0 Å². The van der Waals surface area contributed by atoms with E-state index >= 15 is 0 Å². The first-order chi connectivity index (χ1) is 7.75. The van der Waals surface area contributed by atoms with Crippen molar-refractivity contribution in [3.8, 4) is 0 Å². The number of nitrogens with two attached hydrogens (primary N) is 1. The molecule has 0 radical (unpaired) electrons. The monoisotopic (exact) mass is 213 g/mol. The molecule has 16 heavy (non-hydrogen) atoms. The van der Waals surface area contributed by atoms with Crippen LogP contribution in [0.15, 0.2) is 18.2 Å². The molecule has 0 saturated heterocycles. The fourth-order valence-electron chi connectivity index (χ4n) is 2.32. The zero-order chi connectivity index (χ0) is 11.1. The van der Waals surface area contributed by atoms with Crippen molar-refractivity contribution in [1.82, 2.24) is 10.3 Å². The zero-order valence-electron chi connectivity index (χ0n) is 9.38. The smallest absolute Gasteiger partial charge is 0.0726 e. The summed E-state index contributed by atoms with van der Waals surface area (Å²) in [4.78, 5) is 4.70. The molecule has 1 aliphatic heterocycles. The topological polar surface area (TPSA) is 50.9 Å². The van der Waals surface area contributed by atoms with Crippen LogP contribution in [0.3, 0.4) is 0 Å². The summed E-state index contributed by atoms with van der Waals surface area (Å²) in [5, 5.41) is 4.43. The molecule has 3 N–H and O–H groups in total. The highest BCUT2D eigenvalue weighted by atomic mass is 14.9. The molecule has 0 atom stereocenters. The van der Waals surface area contributed by atoms with Gasteiger partial charge in [-0.25, -0.2) is 0 Å². The van der Waals surface area contributed by atoms with Gasteiger partial charge in [0.2, 0.25) is 0 Å². The number of nitrogens with one attached hydrogen (secondary N) is 1. The SMILES string of the molecule is Cc1ccc2nc3c(c(N)c2c1)CNCC3. The van der Waals surface area contributed by atoms with E-state index in [1.165, 1.54) is 11.1 Å². The number of nitrogens with zero attached hydrogens (tertiary/aromatic N) is 1. The average molecular weight is 213 g/mol. The Bertz CT molecular complexity index is 561. The van der Waals surface area contributed by atoms with Crippen LogP contribution in [0.4, 0.5) is 5.69 Å². The Morgan fingerprint density at radius 3 is 3.12 bits per heavy atom. The Labute approximate surface area is 94.7 Å². The standard InChI is InChI=1S/C13H15N3/c1-8-2-3-11-9(6-8)13(14)10-7-15-5-4-12(10)16-11/h2-3,6,15H,4-5,7H2,1H3,(H2,14,16). The number of pyridine rings is 1. The molecular formula is C13H15N3. The van der Waals surface area contributed by atoms with E-state index in [9.17, 15) is 0 Å². The summed E-state index contributed by atoms with van der Waals surface area (Å²) in [6.45, 7) is 3.92. The number of hydrogen-bond donors (Lipinski definition) is 2. The summed E-state index contributed by atoms with van der Waals surface area (Å²) in [6.07, 6.45) is 0.976. The van der Waals surface area contributed by atoms with Gasteiger partial charge in [0.05, 0.1) is 5.52 Å². The molecular weight excluding hydrogens is 198 g/mol. The van der Waals surface area contributed by atoms with Crippen LogP contribution in [0.25, 0.3) is 10.9 Å². The van der Waals surface area contributed by atoms with Gasteiger partial charge in [-0.15, -0.1) is 0 Å². The first-order valence-corrected chi connectivity index (χ1v) is 5.64. The molecule has 3 rings (SSSR count). The average Bonchev–Trinajstić information content (AvgIpc) is 2.31. The number of benzene rings is 1. The van der Waals surface area contributed by atoms with Gasteiger partial charge in [0.15, 0.2) is 0 Å². The van der Waals surface area contributed by atoms with Crippen molar-refractivity contribution in [3.05, 3.63) is 35.0 Å². The highest BCUT2D eigenvalue weighted by molar-refractivity contribution is 5.92. The van der Waals surface area contributed by atoms with Crippen LogP contribution >= 0.6 is 0 Å². The van der Waals surface area contributed by atoms with Crippen LogP contribution in [0.1, 0.15) is 16.8 Å². The Morgan fingerprint density at radius 1 is 1.38 bits per heavy atom. The van der Waals surface area contributed by atoms with Gasteiger partial charge in [0, 0.05) is 41.8 Å². The quantitative estimate of drug-likeness (QED) is 0.701. The maximum Gasteiger partial charge on any atom is 0.0726 e. The summed E-state index contributed by atoms with van der Waals surface area (Å²) in [7, 11) is 0. The van der Waals surface area contributed by atoms with Crippen LogP contribution < -0.4 is 11.1 Å². The van der Waals surface area contributed by atoms with Gasteiger partial charge in [-0.05, 0) is 19.1 Å². The lowest BCUT2D eigenvalue weighted by Gasteiger charge is -2.19. The van der Waals surface area contributed by atoms with Gasteiger partial charge in [-0.3, -0.25) is 4.98 Å². The number of nitrogen functional groups attached to an aromatic ring is 1. The number of rotatable bonds is 0. The maximum absolute atomic E-state index is 6.23. The molecule has 2 heterocycles. The van der Waals surface area contributed by atoms with Gasteiger partial charge in [-0.1, -0.05) is 11.6 Å². The van der Waals surface area contributed by atoms with E-state index in [1.54, 1.807) is 0 Å². The van der Waals surface area contributed by atoms with E-state index in [2.05, 4.69) is 30.4 Å². The molecule has 1 aliphatic rings. The molecule has 2 aromatic rings. The molecule has 0 unspecified atom stereocenters. The second-order valence-corrected chi connectivity index (χ2v) is 4.40. The summed E-state index contributed by atoms with van der Waals surface area (Å²) in [6, 6.07) is 6.26. The van der Waals surface area contributed by atoms with Crippen LogP contribution in [-0.4, -0.2) is 11.5 Å². The van der Waals surface area contributed by atoms with Gasteiger partial charge < -0.3 is 11.1 Å². The third-order valence-electron chi connectivity index (χ3n) is 3.21. The number of fused-ring (bicyclic) bond motifs is 2. The number of aromatic nitrogens is 1. The number of hydrogen-bond acceptors (Lipinski definition) is 3. The molecule has 0 fully saturated rings. The first kappa shape index (κ1) is 9.60. The summed E-state index contributed by atoms with van der Waals surface area (Å²) in [5.74, 6) is 0. The molecule has 3 heteroatoms. The molecule has 82 valence electrons. The highest BCUT2D eigenvalue weighted by Gasteiger charge is 2.15. The normalized spacial score (nSPS) is 15.1. The Balaban J connectivity index is 2.35. The van der Waals surface area contributed by atoms with Gasteiger partial charge in [-0.2, -0.15) is 0 Å². The van der Waals surface area contributed by atoms with Crippen molar-refractivity contribution in [2.75, 3.05) is 12.3 Å². The van der Waals surface area contributed by atoms with Crippen molar-refractivity contribution in [1.29, 1.82) is 0 Å². The second-order valence-electron chi connectivity index (χ2n) is 4.40. The fourth-order valence-corrected chi connectivity index (χ4v) is 2.32. The number of aryl methyl sites for hydroxylation is 1. The van der Waals surface area contributed by atoms with E-state index in [4.69, 9.17) is 10.7 Å². The molecule has 0 saturated carbocycles. The molecule has 0 bridgehead atoms. The minimum absolute atomic E-state index is 0.845. The minimum Gasteiger partial charge on any atom is -0.398 e. The van der Waals surface area contributed by atoms with E-state index in [1.807, 2.05) is 0 Å². The van der Waals surface area contributed by atoms with E-state index in [0.29, 0.717) is 0 Å². The Kier molecular flexibility index (Phi) is 2.07. The second kappa shape index (κ2) is 3.46. The highest BCUT2D eigenvalue weighted by Crippen LogP contribution is 2.28. The fraction of sp³-hybridized carbons (Fsp3) is 0.308. The van der Waals surface area contributed by atoms with Gasteiger partial charge >= 0.3 is 0 Å². The van der Waals surface area contributed by atoms with Crippen LogP contribution in [0.5, 0.6) is 0 Å². The zero-order valence-corrected chi connectivity index (χ0v) is 9.38. The van der Waals surface area contributed by atoms with Crippen molar-refractivity contribution >= 4 is 16.6 Å². The van der Waals surface area contributed by atoms with E-state index in [-0.39, 0.29) is 0 Å². The van der Waals surface area contributed by atoms with Crippen molar-refractivity contribution in [3.63, 3.8) is 0 Å². The molecule has 0 spiro atoms. The summed E-state index contributed by atoms with van der Waals surface area (Å²) >= 11 is 0. The van der Waals surface area contributed by atoms with E-state index in [0.717, 1.165) is 41.8 Å². The van der Waals surface area contributed by atoms with E-state index < -0.39 is 0 Å². The molecule has 1 aromatic heterocycles. The van der Waals surface area contributed by atoms with Crippen LogP contribution in [-0.2, 0) is 13.0 Å². The van der Waals surface area contributed by atoms with Crippen LogP contribution in [0.2, 0.25) is 0 Å². The van der Waals surface area contributed by atoms with Crippen LogP contribution in [0, 0.1) is 6.92 Å². The Morgan fingerprint density at radius 2 is 2.25 bits per heavy atom. The molecule has 0 amide bonds. The maximum atomic E-state index is 6.23. The predicted molar refractivity (Wildman–Crippen MR) is 66.3 cm³/mol. The van der Waals surface area contributed by atoms with Gasteiger partial charge in [0.25, 0.3) is 0 Å². The third kappa shape index (κ3) is 1.36. The molecule has 1 aromatic carbocycles. The predicted octanol–water partition coefficient (Wildman–Crippen LogP) is 1.77. The molecule has 3 nitrogen and oxygen atoms in total. The number of anilines is 1. The molecule has 0 aliphatic carbocycles. The minimum atomic E-state index is 0.845. The summed E-state index contributed by atoms with van der Waals surface area (Å²) in [5.41, 5.74) is 11.7. The lowest BCUT2D eigenvalue weighted by molar-refractivity contribution is 0.634. The third-order valence-corrected chi connectivity index (χ3v) is 3.21. The van der Waals surface area contributed by atoms with Crippen molar-refractivity contribution in [2.24, 2.45) is 0 Å². The van der Waals surface area contributed by atoms with Crippen molar-refractivity contribution in [2.45, 2.75) is 19.9 Å². The van der Waals surface area contributed by atoms with Gasteiger partial charge in [0.1, 0.15) is 0 Å². The lowest BCUT2D eigenvalue weighted by Crippen LogP contribution is -2.25. The Hall–Kier alpha value is -1.61. The lowest BCUT2D eigenvalue weighted by atomic mass is 10.0. The largest absolute Gasteiger partial charge is 0.398 e. The first-order valence-electron chi connectivity index (χ1n) is 5.64. The summed E-state index contributed by atoms with van der Waals surface area (Å²) < 4.78 is 0.